The second-order valence-electron chi connectivity index (χ2n) is 2.81. The van der Waals surface area contributed by atoms with Gasteiger partial charge in [-0.2, -0.15) is 5.26 Å². The molecule has 0 fully saturated rings. The summed E-state index contributed by atoms with van der Waals surface area (Å²) in [5.74, 6) is -0.106. The first-order valence-corrected chi connectivity index (χ1v) is 4.27. The van der Waals surface area contributed by atoms with Crippen LogP contribution in [0.5, 0.6) is 0 Å². The van der Waals surface area contributed by atoms with Crippen LogP contribution in [0.1, 0.15) is 29.3 Å². The fourth-order valence-electron chi connectivity index (χ4n) is 1.10. The first-order valence-electron chi connectivity index (χ1n) is 4.27. The van der Waals surface area contributed by atoms with E-state index in [4.69, 9.17) is 5.26 Å². The van der Waals surface area contributed by atoms with E-state index in [1.54, 1.807) is 12.1 Å². The van der Waals surface area contributed by atoms with E-state index in [0.29, 0.717) is 5.56 Å². The SMILES string of the molecule is CCc1ccc(C(=O)CC#N)cc1. The summed E-state index contributed by atoms with van der Waals surface area (Å²) >= 11 is 0. The van der Waals surface area contributed by atoms with Gasteiger partial charge in [0.25, 0.3) is 0 Å². The summed E-state index contributed by atoms with van der Waals surface area (Å²) < 4.78 is 0. The van der Waals surface area contributed by atoms with E-state index in [-0.39, 0.29) is 12.2 Å². The molecule has 2 nitrogen and oxygen atoms in total. The highest BCUT2D eigenvalue weighted by atomic mass is 16.1. The van der Waals surface area contributed by atoms with Crippen molar-refractivity contribution in [2.75, 3.05) is 0 Å². The van der Waals surface area contributed by atoms with E-state index < -0.39 is 0 Å². The second-order valence-corrected chi connectivity index (χ2v) is 2.81. The minimum Gasteiger partial charge on any atom is -0.293 e. The summed E-state index contributed by atoms with van der Waals surface area (Å²) in [5.41, 5.74) is 1.83. The van der Waals surface area contributed by atoms with Crippen molar-refractivity contribution in [3.8, 4) is 6.07 Å². The van der Waals surface area contributed by atoms with Crippen molar-refractivity contribution in [1.29, 1.82) is 5.26 Å². The molecule has 0 atom stereocenters. The van der Waals surface area contributed by atoms with Crippen molar-refractivity contribution in [3.63, 3.8) is 0 Å². The molecule has 1 aromatic carbocycles. The molecule has 66 valence electrons. The van der Waals surface area contributed by atoms with E-state index in [9.17, 15) is 4.79 Å². The van der Waals surface area contributed by atoms with Crippen LogP contribution in [0, 0.1) is 11.3 Å². The molecule has 0 aliphatic carbocycles. The van der Waals surface area contributed by atoms with Crippen molar-refractivity contribution >= 4 is 5.78 Å². The Balaban J connectivity index is 2.81. The maximum atomic E-state index is 11.2. The highest BCUT2D eigenvalue weighted by Gasteiger charge is 2.03. The number of ketones is 1. The Hall–Kier alpha value is -1.62. The van der Waals surface area contributed by atoms with Crippen LogP contribution < -0.4 is 0 Å². The Labute approximate surface area is 77.8 Å². The number of rotatable bonds is 3. The number of aryl methyl sites for hydroxylation is 1. The number of hydrogen-bond donors (Lipinski definition) is 0. The Morgan fingerprint density at radius 1 is 1.38 bits per heavy atom. The summed E-state index contributed by atoms with van der Waals surface area (Å²) in [4.78, 5) is 11.2. The van der Waals surface area contributed by atoms with Crippen LogP contribution in [-0.2, 0) is 6.42 Å². The third kappa shape index (κ3) is 2.41. The highest BCUT2D eigenvalue weighted by Crippen LogP contribution is 2.06. The first kappa shape index (κ1) is 9.47. The predicted octanol–water partition coefficient (Wildman–Crippen LogP) is 2.35. The molecule has 0 spiro atoms. The molecule has 2 heteroatoms. The Bertz CT molecular complexity index is 332. The molecule has 0 saturated heterocycles. The van der Waals surface area contributed by atoms with Gasteiger partial charge in [0.2, 0.25) is 0 Å². The quantitative estimate of drug-likeness (QED) is 0.658. The third-order valence-corrected chi connectivity index (χ3v) is 1.92. The van der Waals surface area contributed by atoms with Crippen molar-refractivity contribution in [3.05, 3.63) is 35.4 Å². The maximum absolute atomic E-state index is 11.2. The topological polar surface area (TPSA) is 40.9 Å². The van der Waals surface area contributed by atoms with Gasteiger partial charge in [0.1, 0.15) is 0 Å². The first-order chi connectivity index (χ1) is 6.27. The van der Waals surface area contributed by atoms with E-state index in [0.717, 1.165) is 6.42 Å². The number of nitrogens with zero attached hydrogens (tertiary/aromatic N) is 1. The highest BCUT2D eigenvalue weighted by molar-refractivity contribution is 5.97. The molecule has 0 amide bonds. The molecule has 1 rings (SSSR count). The second kappa shape index (κ2) is 4.42. The van der Waals surface area contributed by atoms with E-state index >= 15 is 0 Å². The van der Waals surface area contributed by atoms with Crippen LogP contribution in [0.3, 0.4) is 0 Å². The van der Waals surface area contributed by atoms with Crippen molar-refractivity contribution in [2.24, 2.45) is 0 Å². The molecular formula is C11H11NO. The Kier molecular flexibility index (Phi) is 3.22. The number of hydrogen-bond acceptors (Lipinski definition) is 2. The molecule has 0 saturated carbocycles. The average Bonchev–Trinajstić information content (AvgIpc) is 2.18. The summed E-state index contributed by atoms with van der Waals surface area (Å²) in [6.07, 6.45) is 0.929. The van der Waals surface area contributed by atoms with Crippen molar-refractivity contribution in [1.82, 2.24) is 0 Å². The summed E-state index contributed by atoms with van der Waals surface area (Å²) in [6.45, 7) is 2.06. The zero-order valence-corrected chi connectivity index (χ0v) is 7.58. The molecule has 0 bridgehead atoms. The van der Waals surface area contributed by atoms with Gasteiger partial charge < -0.3 is 0 Å². The van der Waals surface area contributed by atoms with Crippen molar-refractivity contribution in [2.45, 2.75) is 19.8 Å². The molecular weight excluding hydrogens is 162 g/mol. The van der Waals surface area contributed by atoms with Gasteiger partial charge in [0.05, 0.1) is 12.5 Å². The number of Topliss-reactive ketones (excluding diaryl/α,β-unsaturated/α-hetero) is 1. The summed E-state index contributed by atoms with van der Waals surface area (Å²) in [7, 11) is 0. The van der Waals surface area contributed by atoms with Gasteiger partial charge in [-0.15, -0.1) is 0 Å². The van der Waals surface area contributed by atoms with Crippen LogP contribution in [0.15, 0.2) is 24.3 Å². The largest absolute Gasteiger partial charge is 0.293 e. The monoisotopic (exact) mass is 173 g/mol. The van der Waals surface area contributed by atoms with Gasteiger partial charge >= 0.3 is 0 Å². The van der Waals surface area contributed by atoms with Gasteiger partial charge in [0, 0.05) is 5.56 Å². The van der Waals surface area contributed by atoms with Gasteiger partial charge in [-0.25, -0.2) is 0 Å². The average molecular weight is 173 g/mol. The van der Waals surface area contributed by atoms with Crippen LogP contribution in [0.25, 0.3) is 0 Å². The molecule has 13 heavy (non-hydrogen) atoms. The molecule has 1 aromatic rings. The predicted molar refractivity (Wildman–Crippen MR) is 50.4 cm³/mol. The number of nitriles is 1. The summed E-state index contributed by atoms with van der Waals surface area (Å²) in [5, 5.41) is 8.33. The van der Waals surface area contributed by atoms with E-state index in [1.165, 1.54) is 5.56 Å². The number of benzene rings is 1. The lowest BCUT2D eigenvalue weighted by molar-refractivity contribution is 0.0997. The maximum Gasteiger partial charge on any atom is 0.176 e. The fraction of sp³-hybridized carbons (Fsp3) is 0.273. The molecule has 0 aromatic heterocycles. The minimum atomic E-state index is -0.106. The fourth-order valence-corrected chi connectivity index (χ4v) is 1.10. The van der Waals surface area contributed by atoms with Crippen LogP contribution in [0.2, 0.25) is 0 Å². The zero-order valence-electron chi connectivity index (χ0n) is 7.58. The molecule has 0 aliphatic heterocycles. The van der Waals surface area contributed by atoms with Crippen LogP contribution in [0.4, 0.5) is 0 Å². The van der Waals surface area contributed by atoms with Crippen LogP contribution in [-0.4, -0.2) is 5.78 Å². The molecule has 0 unspecified atom stereocenters. The lowest BCUT2D eigenvalue weighted by Crippen LogP contribution is -1.96. The molecule has 0 aliphatic rings. The van der Waals surface area contributed by atoms with Crippen molar-refractivity contribution < 1.29 is 4.79 Å². The standard InChI is InChI=1S/C11H11NO/c1-2-9-3-5-10(6-4-9)11(13)7-8-12/h3-6H,2,7H2,1H3. The molecule has 0 N–H and O–H groups in total. The Morgan fingerprint density at radius 2 is 2.00 bits per heavy atom. The number of carbonyl (C=O) groups is 1. The van der Waals surface area contributed by atoms with Crippen LogP contribution >= 0.6 is 0 Å². The zero-order chi connectivity index (χ0) is 9.68. The molecule has 0 heterocycles. The third-order valence-electron chi connectivity index (χ3n) is 1.92. The van der Waals surface area contributed by atoms with Gasteiger partial charge in [0.15, 0.2) is 5.78 Å². The van der Waals surface area contributed by atoms with E-state index in [1.807, 2.05) is 18.2 Å². The van der Waals surface area contributed by atoms with Gasteiger partial charge in [-0.3, -0.25) is 4.79 Å². The van der Waals surface area contributed by atoms with Gasteiger partial charge in [-0.05, 0) is 12.0 Å². The van der Waals surface area contributed by atoms with E-state index in [2.05, 4.69) is 6.92 Å². The Morgan fingerprint density at radius 3 is 2.46 bits per heavy atom. The normalized spacial score (nSPS) is 9.23. The molecule has 0 radical (unpaired) electrons. The summed E-state index contributed by atoms with van der Waals surface area (Å²) in [6, 6.07) is 9.24. The lowest BCUT2D eigenvalue weighted by Gasteiger charge is -1.98. The smallest absolute Gasteiger partial charge is 0.176 e. The lowest BCUT2D eigenvalue weighted by atomic mass is 10.1. The van der Waals surface area contributed by atoms with Gasteiger partial charge in [-0.1, -0.05) is 31.2 Å². The minimum absolute atomic E-state index is 0.0362. The number of carbonyl (C=O) groups excluding carboxylic acids is 1.